The minimum atomic E-state index is -0.822. The van der Waals surface area contributed by atoms with Gasteiger partial charge in [-0.05, 0) is 74.0 Å². The fourth-order valence-corrected chi connectivity index (χ4v) is 11.0. The Morgan fingerprint density at radius 2 is 1.83 bits per heavy atom. The van der Waals surface area contributed by atoms with E-state index in [0.29, 0.717) is 47.6 Å². The molecular formula is C48H60N10O6S. The summed E-state index contributed by atoms with van der Waals surface area (Å²) in [6.45, 7) is 15.9. The van der Waals surface area contributed by atoms with Gasteiger partial charge in [-0.1, -0.05) is 50.2 Å². The minimum Gasteiger partial charge on any atom is -0.507 e. The summed E-state index contributed by atoms with van der Waals surface area (Å²) in [7, 11) is 0. The molecule has 9 rings (SSSR count). The number of carbonyl (C=O) groups excluding carboxylic acids is 2. The molecule has 3 aromatic heterocycles. The number of fused-ring (bicyclic) bond motifs is 3. The maximum absolute atomic E-state index is 14.3. The molecule has 0 unspecified atom stereocenters. The van der Waals surface area contributed by atoms with Gasteiger partial charge in [0.1, 0.15) is 24.3 Å². The summed E-state index contributed by atoms with van der Waals surface area (Å²) in [5.41, 5.74) is 7.21. The van der Waals surface area contributed by atoms with E-state index in [1.165, 1.54) is 4.90 Å². The topological polar surface area (TPSA) is 186 Å². The average molecular weight is 905 g/mol. The lowest BCUT2D eigenvalue weighted by Crippen LogP contribution is -2.61. The lowest BCUT2D eigenvalue weighted by atomic mass is 9.91. The molecule has 4 aliphatic heterocycles. The fourth-order valence-electron chi connectivity index (χ4n) is 10.2. The molecule has 5 aromatic rings. The van der Waals surface area contributed by atoms with Crippen molar-refractivity contribution in [3.63, 3.8) is 0 Å². The molecule has 3 saturated heterocycles. The van der Waals surface area contributed by atoms with Crippen LogP contribution < -0.4 is 20.3 Å². The number of aryl methyl sites for hydroxylation is 1. The molecule has 2 aromatic carbocycles. The van der Waals surface area contributed by atoms with Crippen molar-refractivity contribution < 1.29 is 29.1 Å². The molecule has 16 nitrogen and oxygen atoms in total. The first-order valence-electron chi connectivity index (χ1n) is 22.9. The van der Waals surface area contributed by atoms with Crippen LogP contribution in [0.5, 0.6) is 11.6 Å². The van der Waals surface area contributed by atoms with Gasteiger partial charge in [-0.25, -0.2) is 4.98 Å². The second-order valence-electron chi connectivity index (χ2n) is 18.4. The van der Waals surface area contributed by atoms with Crippen molar-refractivity contribution in [1.29, 1.82) is 0 Å². The highest BCUT2D eigenvalue weighted by Gasteiger charge is 2.44. The summed E-state index contributed by atoms with van der Waals surface area (Å²) < 4.78 is 11.9. The van der Waals surface area contributed by atoms with Gasteiger partial charge in [0.15, 0.2) is 11.6 Å². The van der Waals surface area contributed by atoms with E-state index >= 15 is 0 Å². The molecular weight excluding hydrogens is 845 g/mol. The van der Waals surface area contributed by atoms with Crippen molar-refractivity contribution in [3.05, 3.63) is 83.2 Å². The second-order valence-corrected chi connectivity index (χ2v) is 19.3. The van der Waals surface area contributed by atoms with E-state index in [2.05, 4.69) is 52.6 Å². The van der Waals surface area contributed by atoms with E-state index in [9.17, 15) is 19.8 Å². The number of para-hydroxylation sites is 1. The van der Waals surface area contributed by atoms with Gasteiger partial charge in [0, 0.05) is 75.9 Å². The number of piperazine rings is 1. The number of amides is 2. The number of thiazole rings is 1. The predicted molar refractivity (Wildman–Crippen MR) is 249 cm³/mol. The maximum Gasteiger partial charge on any atom is 0.254 e. The van der Waals surface area contributed by atoms with Crippen LogP contribution in [-0.2, 0) is 9.59 Å². The van der Waals surface area contributed by atoms with Gasteiger partial charge >= 0.3 is 0 Å². The molecule has 0 bridgehead atoms. The first kappa shape index (κ1) is 44.6. The lowest BCUT2D eigenvalue weighted by molar-refractivity contribution is -0.141. The first-order chi connectivity index (χ1) is 31.4. The van der Waals surface area contributed by atoms with Crippen molar-refractivity contribution in [2.45, 2.75) is 96.1 Å². The predicted octanol–water partition coefficient (Wildman–Crippen LogP) is 5.70. The van der Waals surface area contributed by atoms with Crippen molar-refractivity contribution in [2.24, 2.45) is 5.92 Å². The van der Waals surface area contributed by atoms with Crippen molar-refractivity contribution in [2.75, 3.05) is 62.6 Å². The van der Waals surface area contributed by atoms with E-state index in [4.69, 9.17) is 9.26 Å². The minimum absolute atomic E-state index is 0.0602. The summed E-state index contributed by atoms with van der Waals surface area (Å²) in [4.78, 5) is 42.5. The molecule has 17 heteroatoms. The Labute approximate surface area is 384 Å². The summed E-state index contributed by atoms with van der Waals surface area (Å²) >= 11 is 1.59. The normalized spacial score (nSPS) is 23.4. The number of nitrogens with one attached hydrogen (secondary N) is 2. The second kappa shape index (κ2) is 19.1. The third-order valence-electron chi connectivity index (χ3n) is 13.8. The average Bonchev–Trinajstić information content (AvgIpc) is 4.06. The smallest absolute Gasteiger partial charge is 0.254 e. The Balaban J connectivity index is 0.754. The quantitative estimate of drug-likeness (QED) is 0.113. The number of hydrogen-bond donors (Lipinski definition) is 4. The summed E-state index contributed by atoms with van der Waals surface area (Å²) in [6.07, 6.45) is 1.47. The highest BCUT2D eigenvalue weighted by atomic mass is 32.1. The van der Waals surface area contributed by atoms with E-state index in [-0.39, 0.29) is 42.5 Å². The van der Waals surface area contributed by atoms with Crippen LogP contribution in [0, 0.1) is 12.8 Å². The molecule has 0 aliphatic carbocycles. The monoisotopic (exact) mass is 904 g/mol. The SMILES string of the molecule is Cc1ncsc1-c1ccc([C@H](C)NC(=O)[C@@H]2C[C@@H](O)CN2C(=O)[C@@H](c2cc(OCCN3CC[C@@H](N4CCN5c6cc(-c7ccccc7O)nnc6NC[C@@H]5C4)C[C@H]3C)no2)C(C)C)cc1. The van der Waals surface area contributed by atoms with Crippen LogP contribution in [0.3, 0.4) is 0 Å². The number of piperidine rings is 1. The van der Waals surface area contributed by atoms with Gasteiger partial charge in [-0.2, -0.15) is 0 Å². The molecule has 0 radical (unpaired) electrons. The Morgan fingerprint density at radius 1 is 1.02 bits per heavy atom. The van der Waals surface area contributed by atoms with Crippen LogP contribution in [0.2, 0.25) is 0 Å². The number of benzene rings is 2. The van der Waals surface area contributed by atoms with Crippen molar-refractivity contribution in [1.82, 2.24) is 40.4 Å². The third-order valence-corrected chi connectivity index (χ3v) is 14.8. The zero-order valence-electron chi connectivity index (χ0n) is 37.8. The molecule has 7 heterocycles. The van der Waals surface area contributed by atoms with Gasteiger partial charge in [0.05, 0.1) is 45.7 Å². The lowest BCUT2D eigenvalue weighted by Gasteiger charge is -2.50. The number of ether oxygens (including phenoxy) is 1. The van der Waals surface area contributed by atoms with Crippen LogP contribution in [0.1, 0.15) is 75.9 Å². The highest BCUT2D eigenvalue weighted by Crippen LogP contribution is 2.38. The zero-order valence-corrected chi connectivity index (χ0v) is 38.6. The number of hydrogen-bond acceptors (Lipinski definition) is 15. The van der Waals surface area contributed by atoms with Gasteiger partial charge in [-0.15, -0.1) is 21.5 Å². The molecule has 7 atom stereocenters. The molecule has 344 valence electrons. The molecule has 4 aliphatic rings. The standard InChI is InChI=1S/C48H60N10O6S/c1-28(2)44(48(62)58-26-36(59)21-40(58)47(61)51-30(4)32-10-12-33(13-11-32)45-31(5)50-27-65-45)42-23-43(54-64-42)63-19-18-55-15-14-34(20-29(55)3)56-16-17-57-35(25-56)24-49-46-39(57)22-38(52-53-46)37-8-6-7-9-41(37)60/h6-13,22-23,27-30,34-36,40,44,59-60H,14-21,24-26H2,1-5H3,(H,49,53)(H,51,61)/t29-,30+,34-,35-,36-,40+,44-/m1/s1. The Hall–Kier alpha value is -5.62. The Morgan fingerprint density at radius 3 is 2.58 bits per heavy atom. The number of rotatable bonds is 13. The zero-order chi connectivity index (χ0) is 45.4. The van der Waals surface area contributed by atoms with Crippen LogP contribution in [-0.4, -0.2) is 140 Å². The van der Waals surface area contributed by atoms with Gasteiger partial charge in [-0.3, -0.25) is 19.4 Å². The van der Waals surface area contributed by atoms with Crippen LogP contribution in [0.25, 0.3) is 21.7 Å². The Kier molecular flexibility index (Phi) is 13.1. The van der Waals surface area contributed by atoms with Crippen LogP contribution in [0.15, 0.2) is 70.7 Å². The number of phenols is 1. The maximum atomic E-state index is 14.3. The van der Waals surface area contributed by atoms with Gasteiger partial charge in [0.2, 0.25) is 11.8 Å². The summed E-state index contributed by atoms with van der Waals surface area (Å²) in [5, 5.41) is 40.8. The largest absolute Gasteiger partial charge is 0.507 e. The Bertz CT molecular complexity index is 2460. The van der Waals surface area contributed by atoms with Crippen LogP contribution >= 0.6 is 11.3 Å². The van der Waals surface area contributed by atoms with Crippen molar-refractivity contribution in [3.8, 4) is 33.3 Å². The third kappa shape index (κ3) is 9.42. The van der Waals surface area contributed by atoms with Gasteiger partial charge < -0.3 is 39.9 Å². The number of aromatic nitrogens is 4. The number of phenolic OH excluding ortho intramolecular Hbond substituents is 1. The molecule has 65 heavy (non-hydrogen) atoms. The number of aromatic hydroxyl groups is 1. The number of nitrogens with zero attached hydrogens (tertiary/aromatic N) is 8. The highest BCUT2D eigenvalue weighted by molar-refractivity contribution is 7.13. The number of aliphatic hydroxyl groups is 1. The number of anilines is 2. The number of aliphatic hydroxyl groups excluding tert-OH is 1. The molecule has 2 amide bonds. The van der Waals surface area contributed by atoms with E-state index in [1.54, 1.807) is 29.5 Å². The summed E-state index contributed by atoms with van der Waals surface area (Å²) in [5.74, 6) is 0.206. The van der Waals surface area contributed by atoms with E-state index in [0.717, 1.165) is 85.3 Å². The molecule has 3 fully saturated rings. The fraction of sp³-hybridized carbons (Fsp3) is 0.500. The number of likely N-dealkylation sites (tertiary alicyclic amines) is 2. The summed E-state index contributed by atoms with van der Waals surface area (Å²) in [6, 6.07) is 19.1. The van der Waals surface area contributed by atoms with Crippen molar-refractivity contribution >= 4 is 34.7 Å². The first-order valence-corrected chi connectivity index (χ1v) is 23.8. The van der Waals surface area contributed by atoms with Crippen LogP contribution in [0.4, 0.5) is 11.5 Å². The van der Waals surface area contributed by atoms with E-state index < -0.39 is 18.1 Å². The molecule has 4 N–H and O–H groups in total. The molecule has 0 spiro atoms. The number of carbonyl (C=O) groups is 2. The molecule has 0 saturated carbocycles. The van der Waals surface area contributed by atoms with Gasteiger partial charge in [0.25, 0.3) is 5.88 Å². The number of β-amino-alcohol motifs (C(OH)–C–C–N with tert-alkyl or cyclic N) is 1. The van der Waals surface area contributed by atoms with E-state index in [1.807, 2.05) is 75.7 Å².